The van der Waals surface area contributed by atoms with E-state index in [0.717, 1.165) is 0 Å². The Bertz CT molecular complexity index is 692. The summed E-state index contributed by atoms with van der Waals surface area (Å²) in [6, 6.07) is 7.63. The molecule has 2 rings (SSSR count). The molecule has 0 spiro atoms. The van der Waals surface area contributed by atoms with Gasteiger partial charge in [0.25, 0.3) is 10.0 Å². The quantitative estimate of drug-likeness (QED) is 0.893. The molecule has 0 unspecified atom stereocenters. The summed E-state index contributed by atoms with van der Waals surface area (Å²) < 4.78 is 26.3. The van der Waals surface area contributed by atoms with Crippen LogP contribution < -0.4 is 4.72 Å². The number of anilines is 1. The third kappa shape index (κ3) is 2.61. The van der Waals surface area contributed by atoms with Gasteiger partial charge in [-0.05, 0) is 18.2 Å². The van der Waals surface area contributed by atoms with Crippen LogP contribution >= 0.6 is 0 Å². The van der Waals surface area contributed by atoms with Crippen molar-refractivity contribution in [3.63, 3.8) is 0 Å². The van der Waals surface area contributed by atoms with Crippen molar-refractivity contribution in [3.8, 4) is 6.07 Å². The lowest BCUT2D eigenvalue weighted by molar-refractivity contribution is 0.601. The van der Waals surface area contributed by atoms with Gasteiger partial charge in [-0.1, -0.05) is 6.07 Å². The minimum absolute atomic E-state index is 0.0189. The molecule has 90 valence electrons. The Morgan fingerprint density at radius 3 is 2.61 bits per heavy atom. The van der Waals surface area contributed by atoms with E-state index in [1.54, 1.807) is 0 Å². The molecular formula is C11H8N4O2S. The number of rotatable bonds is 3. The van der Waals surface area contributed by atoms with E-state index in [2.05, 4.69) is 14.7 Å². The summed E-state index contributed by atoms with van der Waals surface area (Å²) >= 11 is 0. The number of hydrogen-bond donors (Lipinski definition) is 1. The van der Waals surface area contributed by atoms with Gasteiger partial charge in [-0.3, -0.25) is 4.72 Å². The molecule has 0 aliphatic rings. The zero-order valence-electron chi connectivity index (χ0n) is 9.11. The van der Waals surface area contributed by atoms with Gasteiger partial charge in [0.05, 0.1) is 34.6 Å². The van der Waals surface area contributed by atoms with Gasteiger partial charge in [-0.25, -0.2) is 18.4 Å². The molecule has 1 aromatic heterocycles. The van der Waals surface area contributed by atoms with Gasteiger partial charge in [0, 0.05) is 0 Å². The van der Waals surface area contributed by atoms with E-state index in [0.29, 0.717) is 0 Å². The van der Waals surface area contributed by atoms with Crippen LogP contribution in [0, 0.1) is 11.3 Å². The third-order valence-corrected chi connectivity index (χ3v) is 3.47. The fourth-order valence-corrected chi connectivity index (χ4v) is 2.37. The minimum atomic E-state index is -3.73. The molecule has 1 heterocycles. The highest BCUT2D eigenvalue weighted by Crippen LogP contribution is 2.15. The number of sulfonamides is 1. The SMILES string of the molecule is N#Cc1cccc(S(=O)(=O)Nc2cncnc2)c1. The standard InChI is InChI=1S/C11H8N4O2S/c12-5-9-2-1-3-11(4-9)18(16,17)15-10-6-13-8-14-7-10/h1-4,6-8,15H. The van der Waals surface area contributed by atoms with Crippen molar-refractivity contribution in [1.82, 2.24) is 9.97 Å². The van der Waals surface area contributed by atoms with Gasteiger partial charge in [0.2, 0.25) is 0 Å². The number of aromatic nitrogens is 2. The maximum Gasteiger partial charge on any atom is 0.262 e. The monoisotopic (exact) mass is 260 g/mol. The number of hydrogen-bond acceptors (Lipinski definition) is 5. The Kier molecular flexibility index (Phi) is 3.21. The molecule has 0 saturated carbocycles. The molecule has 0 bridgehead atoms. The summed E-state index contributed by atoms with van der Waals surface area (Å²) in [5, 5.41) is 8.73. The van der Waals surface area contributed by atoms with Crippen LogP contribution in [0.5, 0.6) is 0 Å². The smallest absolute Gasteiger partial charge is 0.262 e. The summed E-state index contributed by atoms with van der Waals surface area (Å²) in [7, 11) is -3.73. The fourth-order valence-electron chi connectivity index (χ4n) is 1.30. The Morgan fingerprint density at radius 1 is 1.22 bits per heavy atom. The molecule has 0 fully saturated rings. The molecule has 0 radical (unpaired) electrons. The molecule has 0 aliphatic carbocycles. The molecule has 2 aromatic rings. The van der Waals surface area contributed by atoms with Crippen molar-refractivity contribution in [2.24, 2.45) is 0 Å². The Hall–Kier alpha value is -2.46. The first kappa shape index (κ1) is 12.0. The summed E-state index contributed by atoms with van der Waals surface area (Å²) in [5.74, 6) is 0. The van der Waals surface area contributed by atoms with E-state index in [1.165, 1.54) is 43.0 Å². The topological polar surface area (TPSA) is 95.7 Å². The van der Waals surface area contributed by atoms with Crippen molar-refractivity contribution >= 4 is 15.7 Å². The second-order valence-electron chi connectivity index (χ2n) is 3.37. The number of nitrogens with zero attached hydrogens (tertiary/aromatic N) is 3. The Labute approximate surface area is 104 Å². The van der Waals surface area contributed by atoms with Gasteiger partial charge < -0.3 is 0 Å². The second-order valence-corrected chi connectivity index (χ2v) is 5.05. The highest BCUT2D eigenvalue weighted by molar-refractivity contribution is 7.92. The molecule has 18 heavy (non-hydrogen) atoms. The third-order valence-electron chi connectivity index (χ3n) is 2.09. The Balaban J connectivity index is 2.34. The summed E-state index contributed by atoms with van der Waals surface area (Å²) in [6.07, 6.45) is 3.99. The molecular weight excluding hydrogens is 252 g/mol. The summed E-state index contributed by atoms with van der Waals surface area (Å²) in [4.78, 5) is 7.43. The Morgan fingerprint density at radius 2 is 1.94 bits per heavy atom. The van der Waals surface area contributed by atoms with E-state index >= 15 is 0 Å². The minimum Gasteiger partial charge on any atom is -0.276 e. The first-order chi connectivity index (χ1) is 8.62. The molecule has 0 atom stereocenters. The van der Waals surface area contributed by atoms with E-state index in [4.69, 9.17) is 5.26 Å². The lowest BCUT2D eigenvalue weighted by atomic mass is 10.2. The van der Waals surface area contributed by atoms with Crippen LogP contribution in [-0.2, 0) is 10.0 Å². The zero-order valence-corrected chi connectivity index (χ0v) is 9.92. The van der Waals surface area contributed by atoms with Gasteiger partial charge in [-0.15, -0.1) is 0 Å². The molecule has 1 aromatic carbocycles. The number of nitrogens with one attached hydrogen (secondary N) is 1. The maximum absolute atomic E-state index is 12.0. The predicted octanol–water partition coefficient (Wildman–Crippen LogP) is 1.15. The molecule has 7 heteroatoms. The van der Waals surface area contributed by atoms with Gasteiger partial charge in [0.1, 0.15) is 6.33 Å². The first-order valence-electron chi connectivity index (χ1n) is 4.90. The lowest BCUT2D eigenvalue weighted by Crippen LogP contribution is -2.13. The largest absolute Gasteiger partial charge is 0.276 e. The van der Waals surface area contributed by atoms with Crippen LogP contribution in [0.2, 0.25) is 0 Å². The maximum atomic E-state index is 12.0. The summed E-state index contributed by atoms with van der Waals surface area (Å²) in [5.41, 5.74) is 0.544. The van der Waals surface area contributed by atoms with E-state index in [1.807, 2.05) is 6.07 Å². The van der Waals surface area contributed by atoms with Gasteiger partial charge in [-0.2, -0.15) is 5.26 Å². The normalized spacial score (nSPS) is 10.6. The zero-order chi connectivity index (χ0) is 13.0. The molecule has 0 saturated heterocycles. The van der Waals surface area contributed by atoms with Gasteiger partial charge in [0.15, 0.2) is 0 Å². The second kappa shape index (κ2) is 4.81. The average Bonchev–Trinajstić information content (AvgIpc) is 2.39. The lowest BCUT2D eigenvalue weighted by Gasteiger charge is -2.06. The molecule has 1 N–H and O–H groups in total. The van der Waals surface area contributed by atoms with Crippen molar-refractivity contribution < 1.29 is 8.42 Å². The van der Waals surface area contributed by atoms with Crippen molar-refractivity contribution in [1.29, 1.82) is 5.26 Å². The van der Waals surface area contributed by atoms with Crippen LogP contribution in [0.25, 0.3) is 0 Å². The molecule has 0 aliphatic heterocycles. The molecule has 0 amide bonds. The van der Waals surface area contributed by atoms with Crippen LogP contribution in [0.4, 0.5) is 5.69 Å². The fraction of sp³-hybridized carbons (Fsp3) is 0. The van der Waals surface area contributed by atoms with Crippen LogP contribution in [0.3, 0.4) is 0 Å². The van der Waals surface area contributed by atoms with Gasteiger partial charge >= 0.3 is 0 Å². The first-order valence-corrected chi connectivity index (χ1v) is 6.38. The van der Waals surface area contributed by atoms with Crippen LogP contribution in [0.15, 0.2) is 47.9 Å². The number of benzene rings is 1. The van der Waals surface area contributed by atoms with Crippen molar-refractivity contribution in [2.45, 2.75) is 4.90 Å². The molecule has 6 nitrogen and oxygen atoms in total. The number of nitriles is 1. The highest BCUT2D eigenvalue weighted by Gasteiger charge is 2.14. The van der Waals surface area contributed by atoms with E-state index in [-0.39, 0.29) is 16.1 Å². The van der Waals surface area contributed by atoms with Crippen LogP contribution in [-0.4, -0.2) is 18.4 Å². The average molecular weight is 260 g/mol. The van der Waals surface area contributed by atoms with Crippen LogP contribution in [0.1, 0.15) is 5.56 Å². The van der Waals surface area contributed by atoms with Crippen molar-refractivity contribution in [3.05, 3.63) is 48.5 Å². The van der Waals surface area contributed by atoms with E-state index in [9.17, 15) is 8.42 Å². The van der Waals surface area contributed by atoms with E-state index < -0.39 is 10.0 Å². The van der Waals surface area contributed by atoms with Crippen molar-refractivity contribution in [2.75, 3.05) is 4.72 Å². The predicted molar refractivity (Wildman–Crippen MR) is 64.0 cm³/mol. The summed E-state index contributed by atoms with van der Waals surface area (Å²) in [6.45, 7) is 0. The highest BCUT2D eigenvalue weighted by atomic mass is 32.2.